The quantitative estimate of drug-likeness (QED) is 0.257. The van der Waals surface area contributed by atoms with Gasteiger partial charge in [-0.15, -0.1) is 0 Å². The lowest BCUT2D eigenvalue weighted by Crippen LogP contribution is -2.61. The number of hydrogen-bond donors (Lipinski definition) is 2. The van der Waals surface area contributed by atoms with Crippen molar-refractivity contribution in [3.63, 3.8) is 0 Å². The van der Waals surface area contributed by atoms with Gasteiger partial charge in [0.05, 0.1) is 23.0 Å². The van der Waals surface area contributed by atoms with Crippen LogP contribution < -0.4 is 25.0 Å². The molecular weight excluding hydrogens is 639 g/mol. The first kappa shape index (κ1) is 32.9. The van der Waals surface area contributed by atoms with Crippen molar-refractivity contribution in [1.82, 2.24) is 15.5 Å². The van der Waals surface area contributed by atoms with Crippen molar-refractivity contribution in [2.75, 3.05) is 38.3 Å². The number of ether oxygens (including phenoxy) is 2. The molecule has 9 nitrogen and oxygen atoms in total. The van der Waals surface area contributed by atoms with Gasteiger partial charge in [-0.25, -0.2) is 0 Å². The van der Waals surface area contributed by atoms with Crippen LogP contribution >= 0.6 is 34.8 Å². The normalized spacial score (nSPS) is 16.3. The number of aryl methyl sites for hydroxylation is 1. The SMILES string of the molecule is CNC(=O)Cc1ccc(Cl)c(CN(C(=O)[C@H]2CNCC(=O)N2c2ccc(OCCOc3c(Cl)cc(C)cc3Cl)cc2)C2CC2)c1. The Kier molecular flexibility index (Phi) is 10.8. The maximum Gasteiger partial charge on any atom is 0.247 e. The molecule has 2 N–H and O–H groups in total. The molecule has 1 aliphatic heterocycles. The Morgan fingerprint density at radius 1 is 0.978 bits per heavy atom. The molecule has 5 rings (SSSR count). The lowest BCUT2D eigenvalue weighted by molar-refractivity contribution is -0.136. The number of nitrogens with one attached hydrogen (secondary N) is 2. The van der Waals surface area contributed by atoms with Gasteiger partial charge < -0.3 is 25.0 Å². The molecule has 1 saturated carbocycles. The molecule has 0 unspecified atom stereocenters. The van der Waals surface area contributed by atoms with E-state index >= 15 is 0 Å². The van der Waals surface area contributed by atoms with Crippen molar-refractivity contribution in [2.24, 2.45) is 0 Å². The van der Waals surface area contributed by atoms with Crippen LogP contribution in [0.2, 0.25) is 15.1 Å². The van der Waals surface area contributed by atoms with Crippen LogP contribution in [0.4, 0.5) is 5.69 Å². The van der Waals surface area contributed by atoms with Crippen molar-refractivity contribution in [3.8, 4) is 11.5 Å². The number of anilines is 1. The van der Waals surface area contributed by atoms with Gasteiger partial charge in [-0.2, -0.15) is 0 Å². The van der Waals surface area contributed by atoms with Gasteiger partial charge in [-0.3, -0.25) is 19.3 Å². The van der Waals surface area contributed by atoms with Crippen molar-refractivity contribution >= 4 is 58.2 Å². The van der Waals surface area contributed by atoms with Crippen LogP contribution in [0.15, 0.2) is 54.6 Å². The van der Waals surface area contributed by atoms with Crippen molar-refractivity contribution < 1.29 is 23.9 Å². The summed E-state index contributed by atoms with van der Waals surface area (Å²) in [7, 11) is 1.59. The lowest BCUT2D eigenvalue weighted by Gasteiger charge is -2.38. The Bertz CT molecular complexity index is 1540. The summed E-state index contributed by atoms with van der Waals surface area (Å²) in [5.74, 6) is 0.531. The van der Waals surface area contributed by atoms with E-state index in [1.165, 1.54) is 0 Å². The monoisotopic (exact) mass is 672 g/mol. The van der Waals surface area contributed by atoms with E-state index in [4.69, 9.17) is 44.3 Å². The van der Waals surface area contributed by atoms with E-state index in [1.54, 1.807) is 54.4 Å². The third-order valence-electron chi connectivity index (χ3n) is 7.70. The maximum atomic E-state index is 14.1. The fourth-order valence-electron chi connectivity index (χ4n) is 5.30. The number of benzene rings is 3. The van der Waals surface area contributed by atoms with E-state index in [1.807, 2.05) is 24.0 Å². The summed E-state index contributed by atoms with van der Waals surface area (Å²) >= 11 is 19.0. The zero-order valence-electron chi connectivity index (χ0n) is 25.1. The van der Waals surface area contributed by atoms with E-state index in [0.29, 0.717) is 38.8 Å². The highest BCUT2D eigenvalue weighted by atomic mass is 35.5. The number of nitrogens with zero attached hydrogens (tertiary/aromatic N) is 2. The molecular formula is C33H35Cl3N4O5. The molecule has 3 aromatic carbocycles. The third-order valence-corrected chi connectivity index (χ3v) is 8.63. The summed E-state index contributed by atoms with van der Waals surface area (Å²) in [6, 6.07) is 15.4. The minimum Gasteiger partial charge on any atom is -0.490 e. The maximum absolute atomic E-state index is 14.1. The molecule has 1 atom stereocenters. The van der Waals surface area contributed by atoms with Crippen molar-refractivity contribution in [2.45, 2.75) is 44.8 Å². The van der Waals surface area contributed by atoms with Crippen LogP contribution in [-0.4, -0.2) is 68.1 Å². The van der Waals surface area contributed by atoms with Crippen molar-refractivity contribution in [3.05, 3.63) is 86.4 Å². The molecule has 0 aromatic heterocycles. The van der Waals surface area contributed by atoms with E-state index in [-0.39, 0.29) is 56.5 Å². The second kappa shape index (κ2) is 14.7. The number of carbonyl (C=O) groups is 3. The molecule has 1 aliphatic carbocycles. The molecule has 0 spiro atoms. The molecule has 2 fully saturated rings. The van der Waals surface area contributed by atoms with E-state index in [9.17, 15) is 14.4 Å². The molecule has 0 radical (unpaired) electrons. The average molecular weight is 674 g/mol. The number of halogens is 3. The number of piperazine rings is 1. The van der Waals surface area contributed by atoms with Gasteiger partial charge in [0.25, 0.3) is 0 Å². The largest absolute Gasteiger partial charge is 0.490 e. The van der Waals surface area contributed by atoms with Crippen LogP contribution in [0.25, 0.3) is 0 Å². The third kappa shape index (κ3) is 8.21. The Balaban J connectivity index is 1.25. The van der Waals surface area contributed by atoms with Crippen LogP contribution in [0, 0.1) is 6.92 Å². The molecule has 2 aliphatic rings. The minimum atomic E-state index is -0.733. The van der Waals surface area contributed by atoms with E-state index < -0.39 is 6.04 Å². The topological polar surface area (TPSA) is 100 Å². The number of likely N-dealkylation sites (N-methyl/N-ethyl adjacent to an activating group) is 1. The number of carbonyl (C=O) groups excluding carboxylic acids is 3. The highest BCUT2D eigenvalue weighted by molar-refractivity contribution is 6.37. The number of rotatable bonds is 12. The first-order valence-electron chi connectivity index (χ1n) is 14.8. The second-order valence-electron chi connectivity index (χ2n) is 11.1. The molecule has 238 valence electrons. The van der Waals surface area contributed by atoms with E-state index in [2.05, 4.69) is 10.6 Å². The van der Waals surface area contributed by atoms with Gasteiger partial charge in [0.2, 0.25) is 17.7 Å². The molecule has 1 heterocycles. The van der Waals surface area contributed by atoms with Gasteiger partial charge in [-0.1, -0.05) is 46.9 Å². The molecule has 12 heteroatoms. The molecule has 3 aromatic rings. The first-order valence-corrected chi connectivity index (χ1v) is 15.9. The van der Waals surface area contributed by atoms with Crippen LogP contribution in [0.3, 0.4) is 0 Å². The Morgan fingerprint density at radius 3 is 2.33 bits per heavy atom. The highest BCUT2D eigenvalue weighted by Gasteiger charge is 2.41. The van der Waals surface area contributed by atoms with Gasteiger partial charge in [-0.05, 0) is 78.9 Å². The first-order chi connectivity index (χ1) is 21.6. The van der Waals surface area contributed by atoms with Crippen LogP contribution in [-0.2, 0) is 27.3 Å². The number of amides is 3. The van der Waals surface area contributed by atoms with Crippen LogP contribution in [0.5, 0.6) is 11.5 Å². The molecule has 0 bridgehead atoms. The Morgan fingerprint density at radius 2 is 1.67 bits per heavy atom. The molecule has 45 heavy (non-hydrogen) atoms. The summed E-state index contributed by atoms with van der Waals surface area (Å²) in [5.41, 5.74) is 3.11. The summed E-state index contributed by atoms with van der Waals surface area (Å²) in [4.78, 5) is 42.6. The summed E-state index contributed by atoms with van der Waals surface area (Å²) in [5, 5.41) is 7.12. The Labute approximate surface area is 277 Å². The minimum absolute atomic E-state index is 0.0673. The predicted molar refractivity (Wildman–Crippen MR) is 176 cm³/mol. The predicted octanol–water partition coefficient (Wildman–Crippen LogP) is 5.20. The van der Waals surface area contributed by atoms with Crippen LogP contribution in [0.1, 0.15) is 29.5 Å². The standard InChI is InChI=1S/C33H35Cl3N4O5/c1-20-13-27(35)32(28(36)14-20)45-12-11-44-25-8-6-24(7-9-25)40-29(17-38-18-31(40)42)33(43)39(23-4-5-23)19-22-15-21(3-10-26(22)34)16-30(41)37-2/h3,6-10,13-15,23,29,38H,4-5,11-12,16-19H2,1-2H3,(H,37,41)/t29-/m1/s1. The number of hydrogen-bond acceptors (Lipinski definition) is 6. The second-order valence-corrected chi connectivity index (χ2v) is 12.4. The molecule has 3 amide bonds. The zero-order valence-corrected chi connectivity index (χ0v) is 27.3. The van der Waals surface area contributed by atoms with Gasteiger partial charge >= 0.3 is 0 Å². The van der Waals surface area contributed by atoms with E-state index in [0.717, 1.165) is 29.5 Å². The highest BCUT2D eigenvalue weighted by Crippen LogP contribution is 2.35. The average Bonchev–Trinajstić information content (AvgIpc) is 3.86. The van der Waals surface area contributed by atoms with Gasteiger partial charge in [0.1, 0.15) is 25.0 Å². The smallest absolute Gasteiger partial charge is 0.247 e. The fraction of sp³-hybridized carbons (Fsp3) is 0.364. The van der Waals surface area contributed by atoms with Crippen molar-refractivity contribution in [1.29, 1.82) is 0 Å². The summed E-state index contributed by atoms with van der Waals surface area (Å²) in [6.07, 6.45) is 1.98. The fourth-order valence-corrected chi connectivity index (χ4v) is 6.18. The molecule has 1 saturated heterocycles. The summed E-state index contributed by atoms with van der Waals surface area (Å²) in [6.45, 7) is 3.11. The lowest BCUT2D eigenvalue weighted by atomic mass is 10.1. The summed E-state index contributed by atoms with van der Waals surface area (Å²) < 4.78 is 11.6. The Hall–Kier alpha value is -3.50. The van der Waals surface area contributed by atoms with Gasteiger partial charge in [0, 0.05) is 36.9 Å². The zero-order chi connectivity index (χ0) is 32.1. The van der Waals surface area contributed by atoms with Gasteiger partial charge in [0.15, 0.2) is 5.75 Å².